The Morgan fingerprint density at radius 2 is 2.24 bits per heavy atom. The van der Waals surface area contributed by atoms with E-state index in [1.54, 1.807) is 18.4 Å². The molecule has 2 rings (SSSR count). The molecule has 0 saturated carbocycles. The van der Waals surface area contributed by atoms with Crippen LogP contribution in [0.3, 0.4) is 0 Å². The third-order valence-corrected chi connectivity index (χ3v) is 4.98. The standard InChI is InChI=1S/C14H20N4OS2/c1-9-12(14(15-2)21-17-9)13(19)16-7-11(18(3)4)10-5-6-20-8-10/h5-6,8,11,15H,7H2,1-4H3,(H,16,19). The van der Waals surface area contributed by atoms with Crippen LogP contribution in [0.1, 0.15) is 27.7 Å². The van der Waals surface area contributed by atoms with Gasteiger partial charge in [-0.2, -0.15) is 15.7 Å². The number of nitrogens with zero attached hydrogens (tertiary/aromatic N) is 2. The second kappa shape index (κ2) is 7.02. The fraction of sp³-hybridized carbons (Fsp3) is 0.429. The molecule has 2 N–H and O–H groups in total. The van der Waals surface area contributed by atoms with Crippen molar-refractivity contribution in [3.8, 4) is 0 Å². The number of thiophene rings is 1. The molecule has 0 aromatic carbocycles. The Bertz CT molecular complexity index is 592. The molecule has 0 aliphatic carbocycles. The van der Waals surface area contributed by atoms with Crippen molar-refractivity contribution in [3.05, 3.63) is 33.6 Å². The summed E-state index contributed by atoms with van der Waals surface area (Å²) in [4.78, 5) is 14.5. The Kier molecular flexibility index (Phi) is 5.33. The van der Waals surface area contributed by atoms with Crippen molar-refractivity contribution in [2.24, 2.45) is 0 Å². The fourth-order valence-electron chi connectivity index (χ4n) is 2.15. The van der Waals surface area contributed by atoms with Crippen LogP contribution in [-0.2, 0) is 0 Å². The minimum absolute atomic E-state index is 0.0762. The Hall–Kier alpha value is -1.44. The summed E-state index contributed by atoms with van der Waals surface area (Å²) in [6.45, 7) is 2.43. The molecule has 2 heterocycles. The number of rotatable bonds is 6. The normalized spacial score (nSPS) is 12.4. The molecule has 7 heteroatoms. The van der Waals surface area contributed by atoms with Gasteiger partial charge in [-0.05, 0) is 54.9 Å². The monoisotopic (exact) mass is 324 g/mol. The molecule has 0 fully saturated rings. The van der Waals surface area contributed by atoms with Crippen LogP contribution in [0.5, 0.6) is 0 Å². The summed E-state index contributed by atoms with van der Waals surface area (Å²) >= 11 is 2.98. The summed E-state index contributed by atoms with van der Waals surface area (Å²) in [5, 5.41) is 11.0. The van der Waals surface area contributed by atoms with Gasteiger partial charge in [0.25, 0.3) is 5.91 Å². The zero-order chi connectivity index (χ0) is 15.4. The third-order valence-electron chi connectivity index (χ3n) is 3.32. The molecule has 5 nitrogen and oxygen atoms in total. The summed E-state index contributed by atoms with van der Waals surface area (Å²) < 4.78 is 4.23. The number of aryl methyl sites for hydroxylation is 1. The first kappa shape index (κ1) is 15.9. The first-order valence-corrected chi connectivity index (χ1v) is 8.37. The Balaban J connectivity index is 2.07. The van der Waals surface area contributed by atoms with Gasteiger partial charge >= 0.3 is 0 Å². The SMILES string of the molecule is CNc1snc(C)c1C(=O)NCC(c1ccsc1)N(C)C. The van der Waals surface area contributed by atoms with Crippen LogP contribution >= 0.6 is 22.9 Å². The topological polar surface area (TPSA) is 57.3 Å². The first-order chi connectivity index (χ1) is 10.0. The maximum Gasteiger partial charge on any atom is 0.256 e. The van der Waals surface area contributed by atoms with Gasteiger partial charge in [0, 0.05) is 13.6 Å². The molecule has 1 amide bonds. The lowest BCUT2D eigenvalue weighted by atomic mass is 10.1. The van der Waals surface area contributed by atoms with Crippen LogP contribution in [-0.4, -0.2) is 42.9 Å². The Morgan fingerprint density at radius 1 is 1.48 bits per heavy atom. The third kappa shape index (κ3) is 3.61. The number of anilines is 1. The molecule has 1 atom stereocenters. The molecule has 0 bridgehead atoms. The number of nitrogens with one attached hydrogen (secondary N) is 2. The van der Waals surface area contributed by atoms with E-state index in [-0.39, 0.29) is 11.9 Å². The van der Waals surface area contributed by atoms with Crippen molar-refractivity contribution in [2.45, 2.75) is 13.0 Å². The van der Waals surface area contributed by atoms with Crippen molar-refractivity contribution in [2.75, 3.05) is 33.0 Å². The van der Waals surface area contributed by atoms with Gasteiger partial charge in [-0.15, -0.1) is 0 Å². The number of hydrogen-bond donors (Lipinski definition) is 2. The van der Waals surface area contributed by atoms with Gasteiger partial charge in [0.15, 0.2) is 0 Å². The molecule has 0 aliphatic rings. The average molecular weight is 324 g/mol. The summed E-state index contributed by atoms with van der Waals surface area (Å²) in [6, 6.07) is 2.27. The van der Waals surface area contributed by atoms with E-state index in [1.807, 2.05) is 21.0 Å². The highest BCUT2D eigenvalue weighted by Crippen LogP contribution is 2.24. The zero-order valence-corrected chi connectivity index (χ0v) is 14.3. The zero-order valence-electron chi connectivity index (χ0n) is 12.6. The van der Waals surface area contributed by atoms with Crippen molar-refractivity contribution >= 4 is 33.8 Å². The van der Waals surface area contributed by atoms with Gasteiger partial charge in [-0.25, -0.2) is 0 Å². The molecular formula is C14H20N4OS2. The Labute approximate surface area is 133 Å². The number of hydrogen-bond acceptors (Lipinski definition) is 6. The van der Waals surface area contributed by atoms with Crippen LogP contribution in [0.4, 0.5) is 5.00 Å². The quantitative estimate of drug-likeness (QED) is 0.857. The average Bonchev–Trinajstić information content (AvgIpc) is 3.07. The molecule has 2 aromatic rings. The maximum atomic E-state index is 12.4. The van der Waals surface area contributed by atoms with Gasteiger partial charge in [0.2, 0.25) is 0 Å². The fourth-order valence-corrected chi connectivity index (χ4v) is 3.60. The van der Waals surface area contributed by atoms with E-state index in [4.69, 9.17) is 0 Å². The number of carbonyl (C=O) groups is 1. The summed E-state index contributed by atoms with van der Waals surface area (Å²) in [5.74, 6) is -0.0762. The predicted molar refractivity (Wildman–Crippen MR) is 89.5 cm³/mol. The van der Waals surface area contributed by atoms with Gasteiger partial charge in [-0.1, -0.05) is 0 Å². The molecule has 1 unspecified atom stereocenters. The molecule has 0 saturated heterocycles. The van der Waals surface area contributed by atoms with E-state index in [0.717, 1.165) is 10.7 Å². The van der Waals surface area contributed by atoms with Crippen LogP contribution in [0.2, 0.25) is 0 Å². The lowest BCUT2D eigenvalue weighted by molar-refractivity contribution is 0.0942. The van der Waals surface area contributed by atoms with E-state index in [9.17, 15) is 4.79 Å². The summed E-state index contributed by atoms with van der Waals surface area (Å²) in [7, 11) is 5.84. The van der Waals surface area contributed by atoms with Crippen LogP contribution in [0.15, 0.2) is 16.8 Å². The highest BCUT2D eigenvalue weighted by molar-refractivity contribution is 7.10. The van der Waals surface area contributed by atoms with Gasteiger partial charge in [0.05, 0.1) is 17.3 Å². The molecule has 2 aromatic heterocycles. The van der Waals surface area contributed by atoms with E-state index in [0.29, 0.717) is 12.1 Å². The van der Waals surface area contributed by atoms with E-state index < -0.39 is 0 Å². The summed E-state index contributed by atoms with van der Waals surface area (Å²) in [5.41, 5.74) is 2.63. The highest BCUT2D eigenvalue weighted by atomic mass is 32.1. The maximum absolute atomic E-state index is 12.4. The summed E-state index contributed by atoms with van der Waals surface area (Å²) in [6.07, 6.45) is 0. The lowest BCUT2D eigenvalue weighted by Gasteiger charge is -2.24. The number of likely N-dealkylation sites (N-methyl/N-ethyl adjacent to an activating group) is 1. The lowest BCUT2D eigenvalue weighted by Crippen LogP contribution is -2.34. The van der Waals surface area contributed by atoms with Gasteiger partial charge in [0.1, 0.15) is 5.00 Å². The second-order valence-corrected chi connectivity index (χ2v) is 6.52. The van der Waals surface area contributed by atoms with Crippen molar-refractivity contribution in [3.63, 3.8) is 0 Å². The van der Waals surface area contributed by atoms with Crippen LogP contribution in [0, 0.1) is 6.92 Å². The largest absolute Gasteiger partial charge is 0.378 e. The van der Waals surface area contributed by atoms with E-state index in [1.165, 1.54) is 17.1 Å². The number of aromatic nitrogens is 1. The van der Waals surface area contributed by atoms with Crippen molar-refractivity contribution < 1.29 is 4.79 Å². The molecule has 0 radical (unpaired) electrons. The molecule has 21 heavy (non-hydrogen) atoms. The predicted octanol–water partition coefficient (Wildman–Crippen LogP) is 2.59. The molecular weight excluding hydrogens is 304 g/mol. The molecule has 0 spiro atoms. The minimum atomic E-state index is -0.0762. The van der Waals surface area contributed by atoms with Crippen molar-refractivity contribution in [1.29, 1.82) is 0 Å². The van der Waals surface area contributed by atoms with Gasteiger partial charge < -0.3 is 15.5 Å². The van der Waals surface area contributed by atoms with E-state index >= 15 is 0 Å². The molecule has 0 aliphatic heterocycles. The van der Waals surface area contributed by atoms with Crippen LogP contribution in [0.25, 0.3) is 0 Å². The van der Waals surface area contributed by atoms with Crippen molar-refractivity contribution in [1.82, 2.24) is 14.6 Å². The minimum Gasteiger partial charge on any atom is -0.378 e. The number of carbonyl (C=O) groups excluding carboxylic acids is 1. The van der Waals surface area contributed by atoms with Gasteiger partial charge in [-0.3, -0.25) is 4.79 Å². The molecule has 114 valence electrons. The smallest absolute Gasteiger partial charge is 0.256 e. The Morgan fingerprint density at radius 3 is 2.81 bits per heavy atom. The number of amides is 1. The second-order valence-electron chi connectivity index (χ2n) is 4.97. The highest BCUT2D eigenvalue weighted by Gasteiger charge is 2.20. The van der Waals surface area contributed by atoms with E-state index in [2.05, 4.69) is 36.7 Å². The van der Waals surface area contributed by atoms with Crippen LogP contribution < -0.4 is 10.6 Å². The first-order valence-electron chi connectivity index (χ1n) is 6.65.